The lowest BCUT2D eigenvalue weighted by Gasteiger charge is -2.09. The highest BCUT2D eigenvalue weighted by atomic mass is 79.9. The minimum absolute atomic E-state index is 0.00995. The van der Waals surface area contributed by atoms with Crippen molar-refractivity contribution in [2.24, 2.45) is 7.05 Å². The van der Waals surface area contributed by atoms with Crippen LogP contribution in [0.3, 0.4) is 0 Å². The van der Waals surface area contributed by atoms with Crippen LogP contribution in [0.15, 0.2) is 10.7 Å². The summed E-state index contributed by atoms with van der Waals surface area (Å²) in [5.74, 6) is -0.804. The molecule has 2 N–H and O–H groups in total. The van der Waals surface area contributed by atoms with Gasteiger partial charge in [-0.05, 0) is 35.2 Å². The fourth-order valence-corrected chi connectivity index (χ4v) is 3.92. The maximum Gasteiger partial charge on any atom is 0.436 e. The number of nitrogens with zero attached hydrogens (tertiary/aromatic N) is 4. The highest BCUT2D eigenvalue weighted by Crippen LogP contribution is 2.47. The highest BCUT2D eigenvalue weighted by molar-refractivity contribution is 9.10. The van der Waals surface area contributed by atoms with E-state index in [0.29, 0.717) is 12.2 Å². The second-order valence-corrected chi connectivity index (χ2v) is 7.92. The third kappa shape index (κ3) is 4.85. The number of aromatic nitrogens is 4. The van der Waals surface area contributed by atoms with Gasteiger partial charge in [0, 0.05) is 25.9 Å². The van der Waals surface area contributed by atoms with Crippen molar-refractivity contribution in [3.63, 3.8) is 0 Å². The van der Waals surface area contributed by atoms with Crippen LogP contribution in [0.25, 0.3) is 0 Å². The van der Waals surface area contributed by atoms with Gasteiger partial charge in [0.15, 0.2) is 5.69 Å². The fraction of sp³-hybridized carbons (Fsp3) is 0.556. The van der Waals surface area contributed by atoms with Crippen LogP contribution >= 0.6 is 15.9 Å². The third-order valence-electron chi connectivity index (χ3n) is 4.68. The molecule has 2 aromatic rings. The number of anilines is 1. The summed E-state index contributed by atoms with van der Waals surface area (Å²) in [7, 11) is 1.58. The van der Waals surface area contributed by atoms with Crippen molar-refractivity contribution in [1.82, 2.24) is 24.9 Å². The lowest BCUT2D eigenvalue weighted by molar-refractivity contribution is -0.142. The number of halogens is 4. The molecule has 1 fully saturated rings. The van der Waals surface area contributed by atoms with Gasteiger partial charge < -0.3 is 10.6 Å². The summed E-state index contributed by atoms with van der Waals surface area (Å²) in [6, 6.07) is 0. The van der Waals surface area contributed by atoms with Gasteiger partial charge in [0.1, 0.15) is 5.69 Å². The Kier molecular flexibility index (Phi) is 6.53. The van der Waals surface area contributed by atoms with E-state index in [1.165, 1.54) is 15.6 Å². The molecular formula is C18H22BrF3N6O2. The van der Waals surface area contributed by atoms with Gasteiger partial charge in [-0.25, -0.2) is 0 Å². The standard InChI is InChI=1S/C18H22BrF3N6O2/c1-3-7-23-17(30)15-11(9-24-27(15)2)25-12(29)6-8-28-14(10-4-5-10)13(19)16(26-28)18(20,21)22/h9-10H,3-8H2,1-2H3,(H,23,30)(H,25,29). The van der Waals surface area contributed by atoms with Crippen molar-refractivity contribution < 1.29 is 22.8 Å². The zero-order valence-electron chi connectivity index (χ0n) is 16.5. The SMILES string of the molecule is CCCNC(=O)c1c(NC(=O)CCn2nc(C(F)(F)F)c(Br)c2C2CC2)cnn1C. The molecule has 2 amide bonds. The summed E-state index contributed by atoms with van der Waals surface area (Å²) < 4.78 is 42.1. The van der Waals surface area contributed by atoms with E-state index < -0.39 is 17.8 Å². The van der Waals surface area contributed by atoms with Crippen molar-refractivity contribution >= 4 is 33.4 Å². The normalized spacial score (nSPS) is 14.1. The van der Waals surface area contributed by atoms with Gasteiger partial charge in [-0.2, -0.15) is 23.4 Å². The molecule has 3 rings (SSSR count). The molecule has 0 unspecified atom stereocenters. The Bertz CT molecular complexity index is 949. The van der Waals surface area contributed by atoms with Crippen LogP contribution in [0.1, 0.15) is 60.4 Å². The van der Waals surface area contributed by atoms with Crippen LogP contribution in [0.4, 0.5) is 18.9 Å². The first kappa shape index (κ1) is 22.3. The highest BCUT2D eigenvalue weighted by Gasteiger charge is 2.41. The molecule has 1 aliphatic carbocycles. The minimum Gasteiger partial charge on any atom is -0.351 e. The van der Waals surface area contributed by atoms with Crippen molar-refractivity contribution in [3.8, 4) is 0 Å². The molecule has 30 heavy (non-hydrogen) atoms. The molecule has 0 saturated heterocycles. The molecule has 0 aliphatic heterocycles. The van der Waals surface area contributed by atoms with Crippen LogP contribution in [-0.4, -0.2) is 37.9 Å². The molecule has 0 atom stereocenters. The van der Waals surface area contributed by atoms with Crippen molar-refractivity contribution in [1.29, 1.82) is 0 Å². The second kappa shape index (κ2) is 8.78. The Morgan fingerprint density at radius 2 is 2.03 bits per heavy atom. The quantitative estimate of drug-likeness (QED) is 0.592. The summed E-state index contributed by atoms with van der Waals surface area (Å²) in [5.41, 5.74) is -0.0594. The van der Waals surface area contributed by atoms with E-state index in [4.69, 9.17) is 0 Å². The minimum atomic E-state index is -4.58. The maximum atomic E-state index is 13.2. The molecule has 0 spiro atoms. The number of amides is 2. The van der Waals surface area contributed by atoms with Crippen molar-refractivity contribution in [2.45, 2.75) is 51.2 Å². The first-order valence-corrected chi connectivity index (χ1v) is 10.4. The molecule has 164 valence electrons. The fourth-order valence-electron chi connectivity index (χ4n) is 3.09. The van der Waals surface area contributed by atoms with Crippen LogP contribution < -0.4 is 10.6 Å². The molecular weight excluding hydrogens is 469 g/mol. The number of rotatable bonds is 8. The molecule has 0 aromatic carbocycles. The first-order valence-electron chi connectivity index (χ1n) is 9.56. The van der Waals surface area contributed by atoms with Crippen LogP contribution in [0.5, 0.6) is 0 Å². The zero-order valence-corrected chi connectivity index (χ0v) is 18.1. The monoisotopic (exact) mass is 490 g/mol. The van der Waals surface area contributed by atoms with E-state index in [-0.39, 0.29) is 40.6 Å². The smallest absolute Gasteiger partial charge is 0.351 e. The Morgan fingerprint density at radius 1 is 1.33 bits per heavy atom. The third-order valence-corrected chi connectivity index (χ3v) is 5.46. The van der Waals surface area contributed by atoms with E-state index in [1.54, 1.807) is 7.05 Å². The number of carbonyl (C=O) groups excluding carboxylic acids is 2. The van der Waals surface area contributed by atoms with Gasteiger partial charge in [-0.15, -0.1) is 0 Å². The summed E-state index contributed by atoms with van der Waals surface area (Å²) in [4.78, 5) is 24.7. The summed E-state index contributed by atoms with van der Waals surface area (Å²) in [6.07, 6.45) is -0.976. The molecule has 1 aliphatic rings. The molecule has 2 heterocycles. The lowest BCUT2D eigenvalue weighted by atomic mass is 10.2. The molecule has 0 radical (unpaired) electrons. The van der Waals surface area contributed by atoms with E-state index in [1.807, 2.05) is 6.92 Å². The Balaban J connectivity index is 1.70. The molecule has 1 saturated carbocycles. The number of hydrogen-bond acceptors (Lipinski definition) is 4. The van der Waals surface area contributed by atoms with Gasteiger partial charge in [0.2, 0.25) is 5.91 Å². The van der Waals surface area contributed by atoms with Crippen LogP contribution in [-0.2, 0) is 24.6 Å². The van der Waals surface area contributed by atoms with Crippen LogP contribution in [0.2, 0.25) is 0 Å². The largest absolute Gasteiger partial charge is 0.436 e. The maximum absolute atomic E-state index is 13.2. The lowest BCUT2D eigenvalue weighted by Crippen LogP contribution is -2.27. The van der Waals surface area contributed by atoms with Gasteiger partial charge in [-0.3, -0.25) is 19.0 Å². The summed E-state index contributed by atoms with van der Waals surface area (Å²) >= 11 is 3.03. The average molecular weight is 491 g/mol. The van der Waals surface area contributed by atoms with Gasteiger partial charge in [0.05, 0.1) is 28.6 Å². The Hall–Kier alpha value is -2.37. The number of carbonyl (C=O) groups is 2. The number of hydrogen-bond donors (Lipinski definition) is 2. The van der Waals surface area contributed by atoms with E-state index in [9.17, 15) is 22.8 Å². The topological polar surface area (TPSA) is 93.8 Å². The predicted octanol–water partition coefficient (Wildman–Crippen LogP) is 3.44. The Labute approximate surface area is 179 Å². The number of alkyl halides is 3. The van der Waals surface area contributed by atoms with Crippen molar-refractivity contribution in [2.75, 3.05) is 11.9 Å². The predicted molar refractivity (Wildman–Crippen MR) is 106 cm³/mol. The Morgan fingerprint density at radius 3 is 2.63 bits per heavy atom. The number of nitrogens with one attached hydrogen (secondary N) is 2. The molecule has 12 heteroatoms. The van der Waals surface area contributed by atoms with Gasteiger partial charge in [0.25, 0.3) is 5.91 Å². The van der Waals surface area contributed by atoms with Gasteiger partial charge >= 0.3 is 6.18 Å². The molecule has 8 nitrogen and oxygen atoms in total. The van der Waals surface area contributed by atoms with E-state index >= 15 is 0 Å². The van der Waals surface area contributed by atoms with Crippen LogP contribution in [0, 0.1) is 0 Å². The molecule has 2 aromatic heterocycles. The van der Waals surface area contributed by atoms with Gasteiger partial charge in [-0.1, -0.05) is 6.92 Å². The zero-order chi connectivity index (χ0) is 22.1. The first-order chi connectivity index (χ1) is 14.1. The van der Waals surface area contributed by atoms with E-state index in [0.717, 1.165) is 19.3 Å². The van der Waals surface area contributed by atoms with E-state index in [2.05, 4.69) is 36.8 Å². The summed E-state index contributed by atoms with van der Waals surface area (Å²) in [5, 5.41) is 13.0. The molecule has 0 bridgehead atoms. The average Bonchev–Trinajstić information content (AvgIpc) is 3.35. The van der Waals surface area contributed by atoms with Crippen molar-refractivity contribution in [3.05, 3.63) is 27.8 Å². The second-order valence-electron chi connectivity index (χ2n) is 7.13. The number of aryl methyl sites for hydroxylation is 2. The summed E-state index contributed by atoms with van der Waals surface area (Å²) in [6.45, 7) is 2.39.